The van der Waals surface area contributed by atoms with E-state index in [4.69, 9.17) is 9.47 Å². The lowest BCUT2D eigenvalue weighted by Crippen LogP contribution is -2.35. The summed E-state index contributed by atoms with van der Waals surface area (Å²) in [6.45, 7) is 2.03. The molecule has 0 aliphatic carbocycles. The van der Waals surface area contributed by atoms with Crippen molar-refractivity contribution in [2.45, 2.75) is 37.0 Å². The Morgan fingerprint density at radius 3 is 2.58 bits per heavy atom. The van der Waals surface area contributed by atoms with E-state index in [2.05, 4.69) is 5.32 Å². The molecule has 0 unspecified atom stereocenters. The number of methoxy groups -OCH3 is 2. The Hall–Kier alpha value is -1.64. The van der Waals surface area contributed by atoms with E-state index >= 15 is 0 Å². The third-order valence-electron chi connectivity index (χ3n) is 4.45. The predicted octanol–water partition coefficient (Wildman–Crippen LogP) is 1.56. The van der Waals surface area contributed by atoms with E-state index < -0.39 is 10.0 Å². The first kappa shape index (κ1) is 20.7. The Morgan fingerprint density at radius 1 is 1.19 bits per heavy atom. The van der Waals surface area contributed by atoms with Crippen LogP contribution in [0.15, 0.2) is 23.1 Å². The summed E-state index contributed by atoms with van der Waals surface area (Å²) in [5, 5.41) is 2.76. The number of carbonyl (C=O) groups is 1. The second-order valence-electron chi connectivity index (χ2n) is 6.28. The molecule has 146 valence electrons. The summed E-state index contributed by atoms with van der Waals surface area (Å²) >= 11 is 0. The van der Waals surface area contributed by atoms with Crippen LogP contribution < -0.4 is 10.1 Å². The van der Waals surface area contributed by atoms with Crippen LogP contribution >= 0.6 is 0 Å². The Balaban J connectivity index is 2.11. The van der Waals surface area contributed by atoms with E-state index in [-0.39, 0.29) is 17.2 Å². The fraction of sp³-hybridized carbons (Fsp3) is 0.611. The maximum absolute atomic E-state index is 12.8. The molecule has 1 amide bonds. The van der Waals surface area contributed by atoms with E-state index in [1.165, 1.54) is 7.11 Å². The molecule has 1 aliphatic rings. The highest BCUT2D eigenvalue weighted by Crippen LogP contribution is 2.27. The van der Waals surface area contributed by atoms with Crippen molar-refractivity contribution in [3.05, 3.63) is 23.8 Å². The van der Waals surface area contributed by atoms with Crippen molar-refractivity contribution >= 4 is 15.9 Å². The topological polar surface area (TPSA) is 84.9 Å². The zero-order chi connectivity index (χ0) is 19.0. The van der Waals surface area contributed by atoms with Crippen LogP contribution in [0.5, 0.6) is 5.75 Å². The summed E-state index contributed by atoms with van der Waals surface area (Å²) in [6, 6.07) is 4.87. The lowest BCUT2D eigenvalue weighted by molar-refractivity contribution is -0.121. The number of ether oxygens (including phenoxy) is 2. The molecule has 7 nitrogen and oxygen atoms in total. The molecule has 1 saturated heterocycles. The van der Waals surface area contributed by atoms with Gasteiger partial charge in [0.25, 0.3) is 0 Å². The van der Waals surface area contributed by atoms with Gasteiger partial charge in [-0.3, -0.25) is 4.79 Å². The van der Waals surface area contributed by atoms with Crippen molar-refractivity contribution in [3.63, 3.8) is 0 Å². The molecule has 0 atom stereocenters. The van der Waals surface area contributed by atoms with Gasteiger partial charge >= 0.3 is 0 Å². The highest BCUT2D eigenvalue weighted by Gasteiger charge is 2.26. The van der Waals surface area contributed by atoms with Crippen molar-refractivity contribution in [3.8, 4) is 5.75 Å². The van der Waals surface area contributed by atoms with Crippen molar-refractivity contribution in [1.29, 1.82) is 0 Å². The average molecular weight is 384 g/mol. The second-order valence-corrected chi connectivity index (χ2v) is 8.22. The van der Waals surface area contributed by atoms with E-state index in [9.17, 15) is 13.2 Å². The van der Waals surface area contributed by atoms with Crippen LogP contribution in [0.1, 0.15) is 31.2 Å². The minimum absolute atomic E-state index is 0.103. The lowest BCUT2D eigenvalue weighted by Gasteiger charge is -2.26. The highest BCUT2D eigenvalue weighted by molar-refractivity contribution is 7.89. The van der Waals surface area contributed by atoms with Gasteiger partial charge in [0, 0.05) is 33.2 Å². The normalized spacial score (nSPS) is 15.6. The first-order chi connectivity index (χ1) is 12.5. The molecule has 1 heterocycles. The molecule has 8 heteroatoms. The molecule has 1 fully saturated rings. The standard InChI is InChI=1S/C18H28N2O5S/c1-24-13-10-19-18(21)9-6-15-14-16(7-8-17(15)25-2)26(22,23)20-11-4-3-5-12-20/h7-8,14H,3-6,9-13H2,1-2H3,(H,19,21). The highest BCUT2D eigenvalue weighted by atomic mass is 32.2. The number of amides is 1. The number of nitrogens with zero attached hydrogens (tertiary/aromatic N) is 1. The van der Waals surface area contributed by atoms with Crippen LogP contribution in [-0.2, 0) is 26.0 Å². The number of aryl methyl sites for hydroxylation is 1. The maximum atomic E-state index is 12.8. The molecule has 0 aromatic heterocycles. The van der Waals surface area contributed by atoms with Gasteiger partial charge in [0.1, 0.15) is 5.75 Å². The summed E-state index contributed by atoms with van der Waals surface area (Å²) in [4.78, 5) is 12.1. The van der Waals surface area contributed by atoms with Gasteiger partial charge in [-0.25, -0.2) is 8.42 Å². The number of hydrogen-bond donors (Lipinski definition) is 1. The number of benzene rings is 1. The van der Waals surface area contributed by atoms with Gasteiger partial charge in [0.05, 0.1) is 18.6 Å². The van der Waals surface area contributed by atoms with E-state index in [1.807, 2.05) is 0 Å². The lowest BCUT2D eigenvalue weighted by atomic mass is 10.1. The van der Waals surface area contributed by atoms with Crippen LogP contribution in [-0.4, -0.2) is 59.1 Å². The Bertz CT molecular complexity index is 700. The van der Waals surface area contributed by atoms with Gasteiger partial charge in [-0.1, -0.05) is 6.42 Å². The van der Waals surface area contributed by atoms with Gasteiger partial charge in [-0.15, -0.1) is 0 Å². The molecule has 1 aromatic carbocycles. The van der Waals surface area contributed by atoms with E-state index in [1.54, 1.807) is 29.6 Å². The SMILES string of the molecule is COCCNC(=O)CCc1cc(S(=O)(=O)N2CCCCC2)ccc1OC. The van der Waals surface area contributed by atoms with Crippen LogP contribution in [0.4, 0.5) is 0 Å². The van der Waals surface area contributed by atoms with Crippen LogP contribution in [0.2, 0.25) is 0 Å². The van der Waals surface area contributed by atoms with Crippen molar-refractivity contribution < 1.29 is 22.7 Å². The number of carbonyl (C=O) groups excluding carboxylic acids is 1. The largest absolute Gasteiger partial charge is 0.496 e. The minimum atomic E-state index is -3.50. The molecular weight excluding hydrogens is 356 g/mol. The quantitative estimate of drug-likeness (QED) is 0.653. The van der Waals surface area contributed by atoms with E-state index in [0.717, 1.165) is 19.3 Å². The zero-order valence-corrected chi connectivity index (χ0v) is 16.3. The van der Waals surface area contributed by atoms with Gasteiger partial charge in [-0.05, 0) is 43.0 Å². The summed E-state index contributed by atoms with van der Waals surface area (Å²) in [7, 11) is -0.392. The number of piperidine rings is 1. The number of nitrogens with one attached hydrogen (secondary N) is 1. The molecule has 1 aromatic rings. The summed E-state index contributed by atoms with van der Waals surface area (Å²) in [5.41, 5.74) is 0.715. The number of hydrogen-bond acceptors (Lipinski definition) is 5. The number of rotatable bonds is 9. The van der Waals surface area contributed by atoms with Crippen molar-refractivity contribution in [1.82, 2.24) is 9.62 Å². The van der Waals surface area contributed by atoms with E-state index in [0.29, 0.717) is 44.0 Å². The fourth-order valence-corrected chi connectivity index (χ4v) is 4.56. The van der Waals surface area contributed by atoms with Crippen molar-refractivity contribution in [2.75, 3.05) is 40.5 Å². The molecule has 2 rings (SSSR count). The average Bonchev–Trinajstić information content (AvgIpc) is 2.67. The molecular formula is C18H28N2O5S. The van der Waals surface area contributed by atoms with Crippen LogP contribution in [0, 0.1) is 0 Å². The molecule has 26 heavy (non-hydrogen) atoms. The zero-order valence-electron chi connectivity index (χ0n) is 15.5. The molecule has 0 bridgehead atoms. The van der Waals surface area contributed by atoms with Crippen molar-refractivity contribution in [2.24, 2.45) is 0 Å². The van der Waals surface area contributed by atoms with Gasteiger partial charge in [-0.2, -0.15) is 4.31 Å². The first-order valence-corrected chi connectivity index (χ1v) is 10.4. The summed E-state index contributed by atoms with van der Waals surface area (Å²) < 4.78 is 37.5. The van der Waals surface area contributed by atoms with Gasteiger partial charge < -0.3 is 14.8 Å². The third-order valence-corrected chi connectivity index (χ3v) is 6.35. The number of sulfonamides is 1. The Morgan fingerprint density at radius 2 is 1.92 bits per heavy atom. The van der Waals surface area contributed by atoms with Crippen LogP contribution in [0.25, 0.3) is 0 Å². The molecule has 0 radical (unpaired) electrons. The third kappa shape index (κ3) is 5.43. The summed E-state index contributed by atoms with van der Waals surface area (Å²) in [5.74, 6) is 0.487. The minimum Gasteiger partial charge on any atom is -0.496 e. The monoisotopic (exact) mass is 384 g/mol. The molecule has 0 saturated carbocycles. The fourth-order valence-electron chi connectivity index (χ4n) is 2.99. The summed E-state index contributed by atoms with van der Waals surface area (Å²) in [6.07, 6.45) is 3.52. The first-order valence-electron chi connectivity index (χ1n) is 8.91. The second kappa shape index (κ2) is 9.89. The Labute approximate surface area is 155 Å². The predicted molar refractivity (Wildman–Crippen MR) is 98.8 cm³/mol. The molecule has 0 spiro atoms. The molecule has 1 N–H and O–H groups in total. The van der Waals surface area contributed by atoms with Crippen LogP contribution in [0.3, 0.4) is 0 Å². The Kier molecular flexibility index (Phi) is 7.86. The maximum Gasteiger partial charge on any atom is 0.243 e. The smallest absolute Gasteiger partial charge is 0.243 e. The van der Waals surface area contributed by atoms with Gasteiger partial charge in [0.2, 0.25) is 15.9 Å². The van der Waals surface area contributed by atoms with Gasteiger partial charge in [0.15, 0.2) is 0 Å². The molecule has 1 aliphatic heterocycles.